The number of hydrogen-bond acceptors (Lipinski definition) is 11. The van der Waals surface area contributed by atoms with E-state index in [9.17, 15) is 19.2 Å². The van der Waals surface area contributed by atoms with Crippen LogP contribution in [-0.4, -0.2) is 93.4 Å². The van der Waals surface area contributed by atoms with Gasteiger partial charge in [0, 0.05) is 38.8 Å². The maximum absolute atomic E-state index is 13.6. The van der Waals surface area contributed by atoms with Crippen molar-refractivity contribution in [3.63, 3.8) is 0 Å². The van der Waals surface area contributed by atoms with Gasteiger partial charge >= 0.3 is 12.1 Å². The largest absolute Gasteiger partial charge is 0.493 e. The monoisotopic (exact) mass is 742 g/mol. The zero-order chi connectivity index (χ0) is 39.1. The van der Waals surface area contributed by atoms with Gasteiger partial charge in [0.1, 0.15) is 12.4 Å². The van der Waals surface area contributed by atoms with Crippen LogP contribution in [0.4, 0.5) is 4.79 Å². The van der Waals surface area contributed by atoms with Crippen LogP contribution in [0.5, 0.6) is 11.5 Å². The number of esters is 1. The fourth-order valence-electron chi connectivity index (χ4n) is 6.06. The zero-order valence-electron chi connectivity index (χ0n) is 32.4. The van der Waals surface area contributed by atoms with E-state index in [1.54, 1.807) is 40.2 Å². The minimum absolute atomic E-state index is 0.0684. The number of nitrogens with zero attached hydrogens (tertiary/aromatic N) is 2. The van der Waals surface area contributed by atoms with Crippen molar-refractivity contribution < 1.29 is 47.6 Å². The summed E-state index contributed by atoms with van der Waals surface area (Å²) in [5.74, 6) is -0.496. The molecule has 0 radical (unpaired) electrons. The number of primary amides is 1. The maximum Gasteiger partial charge on any atom is 0.414 e. The Hall–Kier alpha value is -4.43. The molecule has 14 heteroatoms. The Morgan fingerprint density at radius 3 is 2.38 bits per heavy atom. The lowest BCUT2D eigenvalue weighted by Crippen LogP contribution is -2.47. The summed E-state index contributed by atoms with van der Waals surface area (Å²) in [7, 11) is 3.25. The molecule has 53 heavy (non-hydrogen) atoms. The summed E-state index contributed by atoms with van der Waals surface area (Å²) in [6.45, 7) is 12.0. The highest BCUT2D eigenvalue weighted by Crippen LogP contribution is 2.36. The molecular weight excluding hydrogens is 684 g/mol. The van der Waals surface area contributed by atoms with Gasteiger partial charge in [-0.25, -0.2) is 14.6 Å². The van der Waals surface area contributed by atoms with Crippen LogP contribution in [0.3, 0.4) is 0 Å². The first-order valence-electron chi connectivity index (χ1n) is 18.2. The normalized spacial score (nSPS) is 17.0. The minimum atomic E-state index is -0.926. The quantitative estimate of drug-likeness (QED) is 0.100. The molecule has 3 N–H and O–H groups in total. The summed E-state index contributed by atoms with van der Waals surface area (Å²) in [5, 5.41) is 2.91. The van der Waals surface area contributed by atoms with Crippen molar-refractivity contribution in [2.24, 2.45) is 34.8 Å². The summed E-state index contributed by atoms with van der Waals surface area (Å²) >= 11 is 0. The van der Waals surface area contributed by atoms with Gasteiger partial charge in [-0.05, 0) is 80.7 Å². The van der Waals surface area contributed by atoms with E-state index in [2.05, 4.69) is 24.1 Å². The molecular formula is C39H58N4O10. The van der Waals surface area contributed by atoms with Gasteiger partial charge in [0.2, 0.25) is 18.6 Å². The molecule has 1 aromatic carbocycles. The summed E-state index contributed by atoms with van der Waals surface area (Å²) in [6, 6.07) is 10.2. The van der Waals surface area contributed by atoms with Crippen LogP contribution in [0.1, 0.15) is 76.9 Å². The Morgan fingerprint density at radius 1 is 1.00 bits per heavy atom. The molecule has 0 aliphatic carbocycles. The van der Waals surface area contributed by atoms with Crippen LogP contribution in [0.25, 0.3) is 0 Å². The first kappa shape index (κ1) is 43.0. The Labute approximate surface area is 313 Å². The molecule has 2 aromatic rings. The Kier molecular flexibility index (Phi) is 16.8. The van der Waals surface area contributed by atoms with Crippen molar-refractivity contribution >= 4 is 23.9 Å². The molecule has 0 unspecified atom stereocenters. The fraction of sp³-hybridized carbons (Fsp3) is 0.615. The molecule has 1 aliphatic rings. The zero-order valence-corrected chi connectivity index (χ0v) is 32.4. The van der Waals surface area contributed by atoms with Crippen molar-refractivity contribution in [3.05, 3.63) is 53.9 Å². The van der Waals surface area contributed by atoms with Crippen molar-refractivity contribution in [2.45, 2.75) is 79.4 Å². The summed E-state index contributed by atoms with van der Waals surface area (Å²) in [6.07, 6.45) is 2.48. The smallest absolute Gasteiger partial charge is 0.414 e. The van der Waals surface area contributed by atoms with Crippen molar-refractivity contribution in [2.75, 3.05) is 47.5 Å². The number of carbonyl (C=O) groups excluding carboxylic acids is 4. The molecule has 294 valence electrons. The van der Waals surface area contributed by atoms with Gasteiger partial charge in [0.05, 0.1) is 31.3 Å². The predicted molar refractivity (Wildman–Crippen MR) is 197 cm³/mol. The highest BCUT2D eigenvalue weighted by molar-refractivity contribution is 5.87. The van der Waals surface area contributed by atoms with Gasteiger partial charge in [-0.1, -0.05) is 39.8 Å². The second kappa shape index (κ2) is 20.7. The van der Waals surface area contributed by atoms with Crippen molar-refractivity contribution in [1.82, 2.24) is 15.2 Å². The summed E-state index contributed by atoms with van der Waals surface area (Å²) in [4.78, 5) is 56.9. The molecule has 2 heterocycles. The molecule has 3 amide bonds. The topological polar surface area (TPSA) is 178 Å². The van der Waals surface area contributed by atoms with E-state index in [1.165, 1.54) is 17.2 Å². The Bertz CT molecular complexity index is 1490. The highest BCUT2D eigenvalue weighted by Gasteiger charge is 2.43. The average molecular weight is 743 g/mol. The number of carbonyl (C=O) groups is 4. The first-order valence-corrected chi connectivity index (χ1v) is 18.2. The number of nitrogens with one attached hydrogen (secondary N) is 1. The lowest BCUT2D eigenvalue weighted by atomic mass is 9.80. The standard InChI is InChI=1S/C39H58N4O10/c1-25(2)28(18-27-13-14-32(49-8)34(19-27)50-17-11-16-48-7)20-31-33(21-29(26(3)4)35(44)42-22-39(5,6)37(40)46)51-23-43(31)38(47)53-24-52-36(45)30-12-9-10-15-41-30/h9-10,12-15,19,25-26,28-29,31,33H,11,16-18,20-24H2,1-8H3,(H2,40,46)(H,42,44)/t28-,29-,31-,33-/m0/s1. The highest BCUT2D eigenvalue weighted by atomic mass is 16.7. The molecule has 0 bridgehead atoms. The van der Waals surface area contributed by atoms with E-state index in [4.69, 9.17) is 34.2 Å². The fourth-order valence-corrected chi connectivity index (χ4v) is 6.06. The molecule has 0 saturated carbocycles. The van der Waals surface area contributed by atoms with Gasteiger partial charge in [0.25, 0.3) is 0 Å². The SMILES string of the molecule is COCCCOc1cc(C[C@@H](C[C@H]2[C@H](C[C@H](C(=O)NCC(C)(C)C(N)=O)C(C)C)OCN2C(=O)OCOC(=O)c2ccccn2)C(C)C)ccc1OC. The van der Waals surface area contributed by atoms with Crippen LogP contribution in [-0.2, 0) is 35.0 Å². The summed E-state index contributed by atoms with van der Waals surface area (Å²) < 4.78 is 33.6. The molecule has 3 rings (SSSR count). The second-order valence-electron chi connectivity index (χ2n) is 14.7. The van der Waals surface area contributed by atoms with E-state index < -0.39 is 48.2 Å². The maximum atomic E-state index is 13.6. The molecule has 1 fully saturated rings. The van der Waals surface area contributed by atoms with E-state index in [-0.39, 0.29) is 42.6 Å². The minimum Gasteiger partial charge on any atom is -0.493 e. The molecule has 0 spiro atoms. The lowest BCUT2D eigenvalue weighted by molar-refractivity contribution is -0.130. The van der Waals surface area contributed by atoms with Crippen LogP contribution < -0.4 is 20.5 Å². The van der Waals surface area contributed by atoms with E-state index in [1.807, 2.05) is 32.0 Å². The number of methoxy groups -OCH3 is 2. The number of aromatic nitrogens is 1. The van der Waals surface area contributed by atoms with Crippen molar-refractivity contribution in [1.29, 1.82) is 0 Å². The third kappa shape index (κ3) is 12.9. The number of ether oxygens (including phenoxy) is 6. The lowest BCUT2D eigenvalue weighted by Gasteiger charge is -2.33. The second-order valence-corrected chi connectivity index (χ2v) is 14.7. The molecule has 4 atom stereocenters. The number of hydrogen-bond donors (Lipinski definition) is 2. The molecule has 1 aromatic heterocycles. The van der Waals surface area contributed by atoms with E-state index >= 15 is 0 Å². The van der Waals surface area contributed by atoms with Crippen LogP contribution in [0.15, 0.2) is 42.6 Å². The predicted octanol–water partition coefficient (Wildman–Crippen LogP) is 4.98. The number of benzene rings is 1. The first-order chi connectivity index (χ1) is 25.2. The van der Waals surface area contributed by atoms with Gasteiger partial charge in [-0.3, -0.25) is 14.5 Å². The molecule has 14 nitrogen and oxygen atoms in total. The third-order valence-corrected chi connectivity index (χ3v) is 9.70. The molecule has 1 aliphatic heterocycles. The van der Waals surface area contributed by atoms with Crippen LogP contribution >= 0.6 is 0 Å². The van der Waals surface area contributed by atoms with Gasteiger partial charge in [-0.15, -0.1) is 0 Å². The van der Waals surface area contributed by atoms with E-state index in [0.717, 1.165) is 12.0 Å². The summed E-state index contributed by atoms with van der Waals surface area (Å²) in [5.41, 5.74) is 5.74. The number of rotatable bonds is 21. The van der Waals surface area contributed by atoms with Crippen LogP contribution in [0, 0.1) is 29.1 Å². The van der Waals surface area contributed by atoms with Crippen LogP contribution in [0.2, 0.25) is 0 Å². The number of amides is 3. The van der Waals surface area contributed by atoms with Crippen molar-refractivity contribution in [3.8, 4) is 11.5 Å². The average Bonchev–Trinajstić information content (AvgIpc) is 3.53. The Balaban J connectivity index is 1.84. The van der Waals surface area contributed by atoms with E-state index in [0.29, 0.717) is 44.0 Å². The molecule has 1 saturated heterocycles. The number of pyridine rings is 1. The van der Waals surface area contributed by atoms with Gasteiger partial charge in [0.15, 0.2) is 11.5 Å². The third-order valence-electron chi connectivity index (χ3n) is 9.70. The number of nitrogens with two attached hydrogens (primary N) is 1. The van der Waals surface area contributed by atoms with Gasteiger partial charge in [-0.2, -0.15) is 0 Å². The Morgan fingerprint density at radius 2 is 1.75 bits per heavy atom. The van der Waals surface area contributed by atoms with Gasteiger partial charge < -0.3 is 39.5 Å².